The van der Waals surface area contributed by atoms with Crippen molar-refractivity contribution < 1.29 is 28.3 Å². The molecule has 1 aromatic carbocycles. The number of phosphoric ester groups is 1. The summed E-state index contributed by atoms with van der Waals surface area (Å²) in [6.07, 6.45) is 6.89. The van der Waals surface area contributed by atoms with Crippen molar-refractivity contribution in [3.8, 4) is 5.75 Å². The Hall–Kier alpha value is -0.990. The lowest BCUT2D eigenvalue weighted by molar-refractivity contribution is -0.187. The Bertz CT molecular complexity index is 514. The molecule has 0 spiro atoms. The molecule has 0 amide bonds. The molecule has 9 heteroatoms. The standard InChI is InChI=1S/C18H31O6P.2H3N/c1-3-4-5-6-7-11-14-18(2,24-25(19,20)21)23-16-15-22-17-12-9-8-10-13-17;;/h8-10,12-13H,3-7,11,14-16H2,1-2H3,(H2,19,20,21);2*1H3. The number of benzene rings is 1. The molecule has 1 rings (SSSR count). The van der Waals surface area contributed by atoms with Gasteiger partial charge in [-0.05, 0) is 25.5 Å². The van der Waals surface area contributed by atoms with Crippen molar-refractivity contribution in [3.63, 3.8) is 0 Å². The van der Waals surface area contributed by atoms with Crippen molar-refractivity contribution in [2.75, 3.05) is 13.2 Å². The second-order valence-electron chi connectivity index (χ2n) is 6.24. The number of hydrogen-bond acceptors (Lipinski definition) is 6. The number of para-hydroxylation sites is 1. The second kappa shape index (κ2) is 15.0. The van der Waals surface area contributed by atoms with Crippen LogP contribution in [0, 0.1) is 0 Å². The summed E-state index contributed by atoms with van der Waals surface area (Å²) in [6, 6.07) is 9.31. The molecule has 0 aliphatic carbocycles. The Morgan fingerprint density at radius 1 is 0.963 bits per heavy atom. The minimum atomic E-state index is -4.63. The summed E-state index contributed by atoms with van der Waals surface area (Å²) in [6.45, 7) is 4.19. The third-order valence-corrected chi connectivity index (χ3v) is 4.42. The SMILES string of the molecule is CCCCCCCCC(C)(OCCOc1ccccc1)OP(=O)(O)O.N.N. The fraction of sp³-hybridized carbons (Fsp3) is 0.667. The molecule has 1 atom stereocenters. The van der Waals surface area contributed by atoms with E-state index in [0.717, 1.165) is 25.0 Å². The van der Waals surface area contributed by atoms with Crippen LogP contribution in [0.3, 0.4) is 0 Å². The molecule has 160 valence electrons. The molecule has 0 saturated heterocycles. The summed E-state index contributed by atoms with van der Waals surface area (Å²) in [5, 5.41) is 0. The molecule has 0 fully saturated rings. The maximum absolute atomic E-state index is 11.2. The van der Waals surface area contributed by atoms with E-state index in [1.807, 2.05) is 30.3 Å². The lowest BCUT2D eigenvalue weighted by atomic mass is 10.1. The summed E-state index contributed by atoms with van der Waals surface area (Å²) in [7, 11) is -4.63. The smallest absolute Gasteiger partial charge is 0.472 e. The van der Waals surface area contributed by atoms with Gasteiger partial charge in [0.25, 0.3) is 0 Å². The first-order valence-electron chi connectivity index (χ1n) is 8.93. The Morgan fingerprint density at radius 2 is 1.56 bits per heavy atom. The van der Waals surface area contributed by atoms with Gasteiger partial charge in [0, 0.05) is 6.42 Å². The third-order valence-electron chi connectivity index (χ3n) is 3.80. The second-order valence-corrected chi connectivity index (χ2v) is 7.41. The summed E-state index contributed by atoms with van der Waals surface area (Å²) < 4.78 is 27.3. The predicted molar refractivity (Wildman–Crippen MR) is 107 cm³/mol. The number of phosphoric acid groups is 1. The zero-order valence-electron chi connectivity index (χ0n) is 16.6. The van der Waals surface area contributed by atoms with E-state index in [4.69, 9.17) is 23.8 Å². The minimum Gasteiger partial charge on any atom is -0.491 e. The monoisotopic (exact) mass is 408 g/mol. The van der Waals surface area contributed by atoms with Crippen molar-refractivity contribution in [1.82, 2.24) is 12.3 Å². The maximum Gasteiger partial charge on any atom is 0.472 e. The number of hydrogen-bond donors (Lipinski definition) is 4. The topological polar surface area (TPSA) is 155 Å². The summed E-state index contributed by atoms with van der Waals surface area (Å²) in [5.41, 5.74) is 0. The molecular weight excluding hydrogens is 371 g/mol. The Morgan fingerprint density at radius 3 is 2.15 bits per heavy atom. The zero-order valence-corrected chi connectivity index (χ0v) is 17.5. The van der Waals surface area contributed by atoms with Crippen LogP contribution in [0.25, 0.3) is 0 Å². The minimum absolute atomic E-state index is 0. The normalized spacial score (nSPS) is 13.2. The van der Waals surface area contributed by atoms with E-state index in [2.05, 4.69) is 6.92 Å². The van der Waals surface area contributed by atoms with Gasteiger partial charge in [0.15, 0.2) is 5.79 Å². The molecule has 0 aromatic heterocycles. The first kappa shape index (κ1) is 28.2. The van der Waals surface area contributed by atoms with Gasteiger partial charge in [0.05, 0.1) is 6.61 Å². The zero-order chi connectivity index (χ0) is 18.6. The van der Waals surface area contributed by atoms with Crippen LogP contribution in [0.15, 0.2) is 30.3 Å². The molecule has 0 bridgehead atoms. The molecule has 1 aromatic rings. The van der Waals surface area contributed by atoms with E-state index in [-0.39, 0.29) is 25.5 Å². The molecular formula is C18H37N2O6P. The van der Waals surface area contributed by atoms with Crippen LogP contribution in [0.4, 0.5) is 0 Å². The van der Waals surface area contributed by atoms with E-state index in [1.165, 1.54) is 19.3 Å². The van der Waals surface area contributed by atoms with Gasteiger partial charge in [-0.25, -0.2) is 4.57 Å². The highest BCUT2D eigenvalue weighted by Gasteiger charge is 2.34. The lowest BCUT2D eigenvalue weighted by Crippen LogP contribution is -2.33. The Kier molecular flexibility index (Phi) is 15.7. The molecule has 0 radical (unpaired) electrons. The third kappa shape index (κ3) is 14.7. The fourth-order valence-corrected chi connectivity index (χ4v) is 3.20. The summed E-state index contributed by atoms with van der Waals surface area (Å²) in [4.78, 5) is 18.3. The fourth-order valence-electron chi connectivity index (χ4n) is 2.56. The van der Waals surface area contributed by atoms with Crippen LogP contribution in [0.1, 0.15) is 58.8 Å². The first-order valence-corrected chi connectivity index (χ1v) is 10.5. The van der Waals surface area contributed by atoms with Crippen molar-refractivity contribution in [3.05, 3.63) is 30.3 Å². The molecule has 27 heavy (non-hydrogen) atoms. The van der Waals surface area contributed by atoms with E-state index in [9.17, 15) is 4.57 Å². The summed E-state index contributed by atoms with van der Waals surface area (Å²) in [5.74, 6) is -0.594. The molecule has 1 unspecified atom stereocenters. The van der Waals surface area contributed by atoms with Gasteiger partial charge in [-0.15, -0.1) is 0 Å². The van der Waals surface area contributed by atoms with Gasteiger partial charge >= 0.3 is 7.82 Å². The van der Waals surface area contributed by atoms with Gasteiger partial charge < -0.3 is 31.6 Å². The molecule has 0 aliphatic heterocycles. The van der Waals surface area contributed by atoms with E-state index < -0.39 is 13.6 Å². The van der Waals surface area contributed by atoms with E-state index >= 15 is 0 Å². The maximum atomic E-state index is 11.2. The number of rotatable bonds is 14. The highest BCUT2D eigenvalue weighted by molar-refractivity contribution is 7.46. The quantitative estimate of drug-likeness (QED) is 0.191. The van der Waals surface area contributed by atoms with Crippen molar-refractivity contribution >= 4 is 7.82 Å². The lowest BCUT2D eigenvalue weighted by Gasteiger charge is -2.30. The van der Waals surface area contributed by atoms with Crippen LogP contribution in [0.5, 0.6) is 5.75 Å². The van der Waals surface area contributed by atoms with E-state index in [1.54, 1.807) is 6.92 Å². The molecule has 0 aliphatic rings. The molecule has 8 nitrogen and oxygen atoms in total. The molecule has 0 saturated carbocycles. The number of unbranched alkanes of at least 4 members (excludes halogenated alkanes) is 5. The number of ether oxygens (including phenoxy) is 2. The first-order chi connectivity index (χ1) is 11.8. The van der Waals surface area contributed by atoms with Crippen molar-refractivity contribution in [2.45, 2.75) is 64.6 Å². The average molecular weight is 408 g/mol. The van der Waals surface area contributed by atoms with E-state index in [0.29, 0.717) is 6.42 Å². The summed E-state index contributed by atoms with van der Waals surface area (Å²) >= 11 is 0. The van der Waals surface area contributed by atoms with Gasteiger partial charge in [0.1, 0.15) is 12.4 Å². The van der Waals surface area contributed by atoms with Crippen molar-refractivity contribution in [1.29, 1.82) is 0 Å². The van der Waals surface area contributed by atoms with Crippen LogP contribution >= 0.6 is 7.82 Å². The van der Waals surface area contributed by atoms with Crippen LogP contribution in [0.2, 0.25) is 0 Å². The van der Waals surface area contributed by atoms with Crippen LogP contribution in [-0.2, 0) is 13.8 Å². The Labute approximate surface area is 163 Å². The Balaban J connectivity index is 0. The highest BCUT2D eigenvalue weighted by atomic mass is 31.2. The van der Waals surface area contributed by atoms with Crippen LogP contribution in [-0.4, -0.2) is 28.8 Å². The van der Waals surface area contributed by atoms with Gasteiger partial charge in [-0.3, -0.25) is 4.52 Å². The van der Waals surface area contributed by atoms with Crippen LogP contribution < -0.4 is 17.0 Å². The molecule has 0 heterocycles. The highest BCUT2D eigenvalue weighted by Crippen LogP contribution is 2.43. The van der Waals surface area contributed by atoms with Gasteiger partial charge in [0.2, 0.25) is 0 Å². The van der Waals surface area contributed by atoms with Gasteiger partial charge in [-0.2, -0.15) is 0 Å². The van der Waals surface area contributed by atoms with Crippen molar-refractivity contribution in [2.24, 2.45) is 0 Å². The molecule has 8 N–H and O–H groups in total. The van der Waals surface area contributed by atoms with Gasteiger partial charge in [-0.1, -0.05) is 57.2 Å². The largest absolute Gasteiger partial charge is 0.491 e. The predicted octanol–water partition coefficient (Wildman–Crippen LogP) is 4.98. The average Bonchev–Trinajstić information content (AvgIpc) is 2.54.